The Hall–Kier alpha value is -2.14. The lowest BCUT2D eigenvalue weighted by Crippen LogP contribution is -1.90. The summed E-state index contributed by atoms with van der Waals surface area (Å²) in [6.07, 6.45) is 1.68. The second kappa shape index (κ2) is 5.09. The summed E-state index contributed by atoms with van der Waals surface area (Å²) in [6, 6.07) is 11.1. The van der Waals surface area contributed by atoms with Gasteiger partial charge < -0.3 is 5.73 Å². The number of fused-ring (bicyclic) bond motifs is 1. The number of nitrogens with zero attached hydrogens (tertiary/aromatic N) is 1. The summed E-state index contributed by atoms with van der Waals surface area (Å²) in [5.74, 6) is -1.71. The molecule has 2 nitrogen and oxygen atoms in total. The van der Waals surface area contributed by atoms with Gasteiger partial charge in [-0.25, -0.2) is 8.78 Å². The van der Waals surface area contributed by atoms with Gasteiger partial charge in [-0.1, -0.05) is 11.8 Å². The molecule has 3 aromatic rings. The molecule has 1 heterocycles. The molecule has 0 radical (unpaired) electrons. The first-order chi connectivity index (χ1) is 9.65. The van der Waals surface area contributed by atoms with Gasteiger partial charge in [0.2, 0.25) is 0 Å². The lowest BCUT2D eigenvalue weighted by molar-refractivity contribution is 0.506. The van der Waals surface area contributed by atoms with Crippen molar-refractivity contribution in [2.45, 2.75) is 9.79 Å². The molecule has 100 valence electrons. The molecule has 0 amide bonds. The van der Waals surface area contributed by atoms with Gasteiger partial charge in [0.15, 0.2) is 11.6 Å². The number of halogens is 2. The minimum absolute atomic E-state index is 0.612. The number of hydrogen-bond donors (Lipinski definition) is 1. The number of hydrogen-bond acceptors (Lipinski definition) is 3. The fraction of sp³-hybridized carbons (Fsp3) is 0. The van der Waals surface area contributed by atoms with Crippen LogP contribution in [-0.4, -0.2) is 4.98 Å². The number of nitrogens with two attached hydrogens (primary N) is 1. The van der Waals surface area contributed by atoms with Crippen molar-refractivity contribution in [2.75, 3.05) is 5.73 Å². The molecule has 2 aromatic carbocycles. The standard InChI is InChI=1S/C15H10F2N2S/c16-11-4-3-9(8-12(11)17)20-14-6-5-13(18)10-2-1-7-19-15(10)14/h1-8H,18H2. The van der Waals surface area contributed by atoms with Crippen LogP contribution in [0.4, 0.5) is 14.5 Å². The normalized spacial score (nSPS) is 10.9. The van der Waals surface area contributed by atoms with Crippen LogP contribution in [0.2, 0.25) is 0 Å². The summed E-state index contributed by atoms with van der Waals surface area (Å²) in [7, 11) is 0. The average molecular weight is 288 g/mol. The van der Waals surface area contributed by atoms with Crippen molar-refractivity contribution in [1.29, 1.82) is 0 Å². The zero-order valence-corrected chi connectivity index (χ0v) is 11.1. The molecule has 0 spiro atoms. The molecular formula is C15H10F2N2S. The molecule has 0 bridgehead atoms. The summed E-state index contributed by atoms with van der Waals surface area (Å²) in [4.78, 5) is 5.77. The molecule has 2 N–H and O–H groups in total. The van der Waals surface area contributed by atoms with Crippen LogP contribution >= 0.6 is 11.8 Å². The Bertz CT molecular complexity index is 790. The van der Waals surface area contributed by atoms with E-state index in [0.717, 1.165) is 21.9 Å². The molecule has 3 rings (SSSR count). The first kappa shape index (κ1) is 12.9. The molecule has 0 unspecified atom stereocenters. The summed E-state index contributed by atoms with van der Waals surface area (Å²) in [5.41, 5.74) is 7.30. The average Bonchev–Trinajstić information content (AvgIpc) is 2.46. The van der Waals surface area contributed by atoms with E-state index in [1.807, 2.05) is 18.2 Å². The second-order valence-electron chi connectivity index (χ2n) is 4.23. The predicted molar refractivity (Wildman–Crippen MR) is 76.6 cm³/mol. The van der Waals surface area contributed by atoms with Gasteiger partial charge in [0, 0.05) is 27.1 Å². The molecule has 0 fully saturated rings. The molecule has 20 heavy (non-hydrogen) atoms. The van der Waals surface area contributed by atoms with E-state index in [1.54, 1.807) is 12.3 Å². The smallest absolute Gasteiger partial charge is 0.159 e. The first-order valence-corrected chi connectivity index (χ1v) is 6.73. The Morgan fingerprint density at radius 2 is 1.85 bits per heavy atom. The van der Waals surface area contributed by atoms with E-state index in [-0.39, 0.29) is 0 Å². The number of nitrogen functional groups attached to an aromatic ring is 1. The van der Waals surface area contributed by atoms with E-state index in [2.05, 4.69) is 4.98 Å². The minimum atomic E-state index is -0.859. The van der Waals surface area contributed by atoms with E-state index < -0.39 is 11.6 Å². The molecule has 0 saturated carbocycles. The Morgan fingerprint density at radius 3 is 2.65 bits per heavy atom. The number of rotatable bonds is 2. The molecule has 0 saturated heterocycles. The van der Waals surface area contributed by atoms with E-state index in [9.17, 15) is 8.78 Å². The summed E-state index contributed by atoms with van der Waals surface area (Å²) in [6.45, 7) is 0. The van der Waals surface area contributed by atoms with Gasteiger partial charge in [-0.15, -0.1) is 0 Å². The van der Waals surface area contributed by atoms with Crippen LogP contribution in [0.1, 0.15) is 0 Å². The van der Waals surface area contributed by atoms with E-state index in [1.165, 1.54) is 23.9 Å². The maximum Gasteiger partial charge on any atom is 0.159 e. The van der Waals surface area contributed by atoms with Crippen LogP contribution in [0.15, 0.2) is 58.5 Å². The number of aromatic nitrogens is 1. The van der Waals surface area contributed by atoms with Crippen LogP contribution in [0, 0.1) is 11.6 Å². The number of anilines is 1. The Labute approximate surface area is 118 Å². The lowest BCUT2D eigenvalue weighted by atomic mass is 10.2. The summed E-state index contributed by atoms with van der Waals surface area (Å²) < 4.78 is 26.2. The maximum absolute atomic E-state index is 13.2. The highest BCUT2D eigenvalue weighted by molar-refractivity contribution is 7.99. The third-order valence-corrected chi connectivity index (χ3v) is 3.92. The molecule has 0 aliphatic heterocycles. The van der Waals surface area contributed by atoms with Crippen molar-refractivity contribution in [3.05, 3.63) is 60.3 Å². The van der Waals surface area contributed by atoms with E-state index in [0.29, 0.717) is 10.6 Å². The summed E-state index contributed by atoms with van der Waals surface area (Å²) >= 11 is 1.32. The Balaban J connectivity index is 2.06. The fourth-order valence-corrected chi connectivity index (χ4v) is 2.87. The van der Waals surface area contributed by atoms with Crippen LogP contribution in [-0.2, 0) is 0 Å². The highest BCUT2D eigenvalue weighted by Crippen LogP contribution is 2.34. The summed E-state index contributed by atoms with van der Waals surface area (Å²) in [5, 5.41) is 0.847. The first-order valence-electron chi connectivity index (χ1n) is 5.91. The number of pyridine rings is 1. The highest BCUT2D eigenvalue weighted by atomic mass is 32.2. The van der Waals surface area contributed by atoms with Crippen LogP contribution in [0.3, 0.4) is 0 Å². The topological polar surface area (TPSA) is 38.9 Å². The van der Waals surface area contributed by atoms with Gasteiger partial charge in [-0.3, -0.25) is 4.98 Å². The number of benzene rings is 2. The lowest BCUT2D eigenvalue weighted by Gasteiger charge is -2.07. The fourth-order valence-electron chi connectivity index (χ4n) is 1.92. The van der Waals surface area contributed by atoms with Gasteiger partial charge in [-0.2, -0.15) is 0 Å². The van der Waals surface area contributed by atoms with Gasteiger partial charge >= 0.3 is 0 Å². The quantitative estimate of drug-likeness (QED) is 0.717. The zero-order valence-electron chi connectivity index (χ0n) is 10.3. The van der Waals surface area contributed by atoms with Crippen molar-refractivity contribution < 1.29 is 8.78 Å². The van der Waals surface area contributed by atoms with Crippen molar-refractivity contribution in [2.24, 2.45) is 0 Å². The zero-order chi connectivity index (χ0) is 14.1. The maximum atomic E-state index is 13.2. The Kier molecular flexibility index (Phi) is 3.28. The molecule has 5 heteroatoms. The molecule has 1 aromatic heterocycles. The second-order valence-corrected chi connectivity index (χ2v) is 5.35. The van der Waals surface area contributed by atoms with Gasteiger partial charge in [-0.05, 0) is 42.5 Å². The Morgan fingerprint density at radius 1 is 1.00 bits per heavy atom. The highest BCUT2D eigenvalue weighted by Gasteiger charge is 2.08. The SMILES string of the molecule is Nc1ccc(Sc2ccc(F)c(F)c2)c2ncccc12. The van der Waals surface area contributed by atoms with Gasteiger partial charge in [0.05, 0.1) is 5.52 Å². The van der Waals surface area contributed by atoms with Gasteiger partial charge in [0.1, 0.15) is 0 Å². The van der Waals surface area contributed by atoms with Crippen molar-refractivity contribution in [1.82, 2.24) is 4.98 Å². The third kappa shape index (κ3) is 2.32. The molecular weight excluding hydrogens is 278 g/mol. The monoisotopic (exact) mass is 288 g/mol. The van der Waals surface area contributed by atoms with E-state index in [4.69, 9.17) is 5.73 Å². The van der Waals surface area contributed by atoms with Crippen molar-refractivity contribution in [3.63, 3.8) is 0 Å². The largest absolute Gasteiger partial charge is 0.398 e. The molecule has 0 atom stereocenters. The van der Waals surface area contributed by atoms with Crippen LogP contribution < -0.4 is 5.73 Å². The van der Waals surface area contributed by atoms with Crippen molar-refractivity contribution in [3.8, 4) is 0 Å². The van der Waals surface area contributed by atoms with Crippen LogP contribution in [0.25, 0.3) is 10.9 Å². The van der Waals surface area contributed by atoms with E-state index >= 15 is 0 Å². The molecule has 0 aliphatic carbocycles. The molecule has 0 aliphatic rings. The van der Waals surface area contributed by atoms with Crippen LogP contribution in [0.5, 0.6) is 0 Å². The predicted octanol–water partition coefficient (Wildman–Crippen LogP) is 4.25. The van der Waals surface area contributed by atoms with Crippen molar-refractivity contribution >= 4 is 28.4 Å². The van der Waals surface area contributed by atoms with Gasteiger partial charge in [0.25, 0.3) is 0 Å². The third-order valence-electron chi connectivity index (χ3n) is 2.89. The minimum Gasteiger partial charge on any atom is -0.398 e.